The first-order chi connectivity index (χ1) is 9.90. The number of carbonyl (C=O) groups excluding carboxylic acids is 2. The van der Waals surface area contributed by atoms with E-state index in [1.54, 1.807) is 36.2 Å². The number of hydrogen-bond donors (Lipinski definition) is 1. The molecule has 1 aromatic carbocycles. The molecular weight excluding hydrogens is 268 g/mol. The van der Waals surface area contributed by atoms with Crippen molar-refractivity contribution in [2.24, 2.45) is 5.92 Å². The molecule has 2 amide bonds. The van der Waals surface area contributed by atoms with Gasteiger partial charge in [-0.05, 0) is 30.2 Å². The highest BCUT2D eigenvalue weighted by Crippen LogP contribution is 2.17. The topological polar surface area (TPSA) is 58.6 Å². The molecule has 0 spiro atoms. The first kappa shape index (κ1) is 17.2. The number of nitrogens with one attached hydrogen (secondary N) is 1. The highest BCUT2D eigenvalue weighted by atomic mass is 16.5. The number of benzene rings is 1. The van der Waals surface area contributed by atoms with E-state index in [9.17, 15) is 9.59 Å². The molecule has 1 rings (SSSR count). The Morgan fingerprint density at radius 2 is 1.86 bits per heavy atom. The van der Waals surface area contributed by atoms with Crippen molar-refractivity contribution in [1.29, 1.82) is 0 Å². The summed E-state index contributed by atoms with van der Waals surface area (Å²) in [7, 11) is 1.71. The van der Waals surface area contributed by atoms with Crippen molar-refractivity contribution in [2.45, 2.75) is 27.2 Å². The fraction of sp³-hybridized carbons (Fsp3) is 0.500. The van der Waals surface area contributed by atoms with Crippen molar-refractivity contribution in [3.05, 3.63) is 24.3 Å². The third kappa shape index (κ3) is 6.40. The van der Waals surface area contributed by atoms with Crippen LogP contribution in [0.15, 0.2) is 24.3 Å². The zero-order valence-corrected chi connectivity index (χ0v) is 13.2. The van der Waals surface area contributed by atoms with Crippen molar-refractivity contribution < 1.29 is 14.3 Å². The molecule has 0 aromatic heterocycles. The van der Waals surface area contributed by atoms with Crippen LogP contribution in [0.1, 0.15) is 27.2 Å². The van der Waals surface area contributed by atoms with E-state index in [0.717, 1.165) is 5.69 Å². The number of rotatable bonds is 7. The molecule has 0 aliphatic heterocycles. The molecule has 0 saturated heterocycles. The highest BCUT2D eigenvalue weighted by Gasteiger charge is 2.06. The van der Waals surface area contributed by atoms with Gasteiger partial charge in [0.2, 0.25) is 11.8 Å². The van der Waals surface area contributed by atoms with Crippen LogP contribution in [0.5, 0.6) is 0 Å². The maximum atomic E-state index is 11.7. The smallest absolute Gasteiger partial charge is 0.226 e. The highest BCUT2D eigenvalue weighted by molar-refractivity contribution is 5.93. The molecule has 0 radical (unpaired) electrons. The molecule has 0 aliphatic rings. The van der Waals surface area contributed by atoms with E-state index in [4.69, 9.17) is 4.74 Å². The summed E-state index contributed by atoms with van der Waals surface area (Å²) in [4.78, 5) is 24.5. The van der Waals surface area contributed by atoms with E-state index < -0.39 is 0 Å². The summed E-state index contributed by atoms with van der Waals surface area (Å²) in [5.41, 5.74) is 1.50. The number of carbonyl (C=O) groups is 2. The minimum absolute atomic E-state index is 0.0333. The van der Waals surface area contributed by atoms with Gasteiger partial charge in [0.15, 0.2) is 0 Å². The second-order valence-corrected chi connectivity index (χ2v) is 5.39. The van der Waals surface area contributed by atoms with Crippen LogP contribution < -0.4 is 10.2 Å². The summed E-state index contributed by atoms with van der Waals surface area (Å²) in [6.07, 6.45) is 0.335. The average Bonchev–Trinajstić information content (AvgIpc) is 2.43. The van der Waals surface area contributed by atoms with Crippen molar-refractivity contribution in [3.8, 4) is 0 Å². The van der Waals surface area contributed by atoms with Crippen LogP contribution in [0, 0.1) is 5.92 Å². The SMILES string of the molecule is CC(=O)N(C)c1ccc(NC(=O)CCOCC(C)C)cc1. The van der Waals surface area contributed by atoms with Crippen LogP contribution in [0.2, 0.25) is 0 Å². The lowest BCUT2D eigenvalue weighted by molar-refractivity contribution is -0.117. The van der Waals surface area contributed by atoms with Gasteiger partial charge in [0.05, 0.1) is 13.0 Å². The normalized spacial score (nSPS) is 10.5. The molecule has 0 fully saturated rings. The van der Waals surface area contributed by atoms with Gasteiger partial charge in [0.25, 0.3) is 0 Å². The quantitative estimate of drug-likeness (QED) is 0.786. The van der Waals surface area contributed by atoms with Crippen molar-refractivity contribution in [2.75, 3.05) is 30.5 Å². The molecule has 5 heteroatoms. The molecule has 0 atom stereocenters. The van der Waals surface area contributed by atoms with E-state index in [1.165, 1.54) is 6.92 Å². The van der Waals surface area contributed by atoms with Gasteiger partial charge in [-0.1, -0.05) is 13.8 Å². The van der Waals surface area contributed by atoms with E-state index >= 15 is 0 Å². The lowest BCUT2D eigenvalue weighted by atomic mass is 10.2. The van der Waals surface area contributed by atoms with Gasteiger partial charge in [-0.15, -0.1) is 0 Å². The Kier molecular flexibility index (Phi) is 6.88. The molecule has 5 nitrogen and oxygen atoms in total. The number of nitrogens with zero attached hydrogens (tertiary/aromatic N) is 1. The summed E-state index contributed by atoms with van der Waals surface area (Å²) in [6.45, 7) is 6.74. The molecule has 0 bridgehead atoms. The van der Waals surface area contributed by atoms with E-state index in [0.29, 0.717) is 31.2 Å². The fourth-order valence-corrected chi connectivity index (χ4v) is 1.66. The molecule has 1 N–H and O–H groups in total. The Hall–Kier alpha value is -1.88. The first-order valence-corrected chi connectivity index (χ1v) is 7.12. The standard InChI is InChI=1S/C16H24N2O3/c1-12(2)11-21-10-9-16(20)17-14-5-7-15(8-6-14)18(4)13(3)19/h5-8,12H,9-11H2,1-4H3,(H,17,20). The van der Waals surface area contributed by atoms with Gasteiger partial charge >= 0.3 is 0 Å². The minimum atomic E-state index is -0.0774. The fourth-order valence-electron chi connectivity index (χ4n) is 1.66. The molecule has 0 unspecified atom stereocenters. The maximum Gasteiger partial charge on any atom is 0.226 e. The summed E-state index contributed by atoms with van der Waals surface area (Å²) in [5, 5.41) is 2.80. The summed E-state index contributed by atoms with van der Waals surface area (Å²) in [6, 6.07) is 7.15. The summed E-state index contributed by atoms with van der Waals surface area (Å²) < 4.78 is 5.38. The Morgan fingerprint density at radius 1 is 1.24 bits per heavy atom. The molecule has 21 heavy (non-hydrogen) atoms. The second-order valence-electron chi connectivity index (χ2n) is 5.39. The predicted octanol–water partition coefficient (Wildman–Crippen LogP) is 2.67. The Morgan fingerprint density at radius 3 is 2.38 bits per heavy atom. The third-order valence-corrected chi connectivity index (χ3v) is 2.94. The van der Waals surface area contributed by atoms with Gasteiger partial charge in [-0.2, -0.15) is 0 Å². The average molecular weight is 292 g/mol. The first-order valence-electron chi connectivity index (χ1n) is 7.12. The lowest BCUT2D eigenvalue weighted by Gasteiger charge is -2.15. The maximum absolute atomic E-state index is 11.7. The summed E-state index contributed by atoms with van der Waals surface area (Å²) in [5.74, 6) is 0.361. The van der Waals surface area contributed by atoms with Crippen LogP contribution in [0.4, 0.5) is 11.4 Å². The van der Waals surface area contributed by atoms with E-state index in [1.807, 2.05) is 0 Å². The molecule has 0 saturated carbocycles. The number of amides is 2. The zero-order valence-electron chi connectivity index (χ0n) is 13.2. The molecule has 0 aliphatic carbocycles. The van der Waals surface area contributed by atoms with Crippen LogP contribution in [-0.4, -0.2) is 32.1 Å². The van der Waals surface area contributed by atoms with Crippen LogP contribution in [0.3, 0.4) is 0 Å². The Labute approximate surface area is 126 Å². The van der Waals surface area contributed by atoms with Crippen LogP contribution >= 0.6 is 0 Å². The van der Waals surface area contributed by atoms with Crippen LogP contribution in [0.25, 0.3) is 0 Å². The number of hydrogen-bond acceptors (Lipinski definition) is 3. The van der Waals surface area contributed by atoms with Gasteiger partial charge in [-0.3, -0.25) is 9.59 Å². The second kappa shape index (κ2) is 8.42. The van der Waals surface area contributed by atoms with Gasteiger partial charge in [0.1, 0.15) is 0 Å². The number of anilines is 2. The van der Waals surface area contributed by atoms with Gasteiger partial charge in [-0.25, -0.2) is 0 Å². The summed E-state index contributed by atoms with van der Waals surface area (Å²) >= 11 is 0. The van der Waals surface area contributed by atoms with Crippen LogP contribution in [-0.2, 0) is 14.3 Å². The largest absolute Gasteiger partial charge is 0.381 e. The Bertz CT molecular complexity index is 469. The Balaban J connectivity index is 2.41. The third-order valence-electron chi connectivity index (χ3n) is 2.94. The monoisotopic (exact) mass is 292 g/mol. The molecule has 116 valence electrons. The van der Waals surface area contributed by atoms with E-state index in [2.05, 4.69) is 19.2 Å². The minimum Gasteiger partial charge on any atom is -0.381 e. The van der Waals surface area contributed by atoms with Gasteiger partial charge in [0, 0.05) is 32.0 Å². The molecule has 1 aromatic rings. The number of ether oxygens (including phenoxy) is 1. The van der Waals surface area contributed by atoms with Gasteiger partial charge < -0.3 is 15.0 Å². The zero-order chi connectivity index (χ0) is 15.8. The molecular formula is C16H24N2O3. The molecule has 0 heterocycles. The van der Waals surface area contributed by atoms with Crippen molar-refractivity contribution in [1.82, 2.24) is 0 Å². The van der Waals surface area contributed by atoms with E-state index in [-0.39, 0.29) is 11.8 Å². The van der Waals surface area contributed by atoms with Crippen molar-refractivity contribution in [3.63, 3.8) is 0 Å². The van der Waals surface area contributed by atoms with Crippen molar-refractivity contribution >= 4 is 23.2 Å². The lowest BCUT2D eigenvalue weighted by Crippen LogP contribution is -2.22. The predicted molar refractivity (Wildman–Crippen MR) is 84.4 cm³/mol.